The van der Waals surface area contributed by atoms with Gasteiger partial charge in [-0.1, -0.05) is 12.1 Å². The molecule has 0 heterocycles. The van der Waals surface area contributed by atoms with Crippen LogP contribution in [0, 0.1) is 6.92 Å². The third-order valence-corrected chi connectivity index (χ3v) is 1.75. The minimum atomic E-state index is 0.298. The van der Waals surface area contributed by atoms with Crippen LogP contribution in [0.3, 0.4) is 0 Å². The highest BCUT2D eigenvalue weighted by atomic mass is 35.5. The van der Waals surface area contributed by atoms with Gasteiger partial charge in [0.25, 0.3) is 0 Å². The van der Waals surface area contributed by atoms with Gasteiger partial charge in [0.15, 0.2) is 0 Å². The second-order valence-electron chi connectivity index (χ2n) is 2.62. The summed E-state index contributed by atoms with van der Waals surface area (Å²) >= 11 is 5.44. The van der Waals surface area contributed by atoms with E-state index in [0.29, 0.717) is 24.6 Å². The van der Waals surface area contributed by atoms with Crippen molar-refractivity contribution in [1.82, 2.24) is 0 Å². The second kappa shape index (κ2) is 5.62. The Morgan fingerprint density at radius 1 is 1.43 bits per heavy atom. The zero-order valence-electron chi connectivity index (χ0n) is 7.65. The number of carbonyl (C=O) groups excluding carboxylic acids is 1. The summed E-state index contributed by atoms with van der Waals surface area (Å²) in [5.41, 5.74) is 1.55. The third-order valence-electron chi connectivity index (χ3n) is 1.59. The Morgan fingerprint density at radius 2 is 2.07 bits per heavy atom. The maximum absolute atomic E-state index is 10.6. The Bertz CT molecular complexity index is 287. The van der Waals surface area contributed by atoms with Crippen LogP contribution in [-0.2, 0) is 9.63 Å². The van der Waals surface area contributed by atoms with E-state index >= 15 is 0 Å². The smallest absolute Gasteiger partial charge is 0.238 e. The molecule has 0 aliphatic heterocycles. The Hall–Kier alpha value is -1.06. The van der Waals surface area contributed by atoms with Crippen LogP contribution in [-0.4, -0.2) is 18.9 Å². The first kappa shape index (κ1) is 11.0. The number of hydrogen-bond donors (Lipinski definition) is 0. The summed E-state index contributed by atoms with van der Waals surface area (Å²) in [6.07, 6.45) is 0.602. The van der Waals surface area contributed by atoms with Crippen LogP contribution in [0.2, 0.25) is 0 Å². The SMILES string of the molecule is [CH2]c1ccc(N(C=O)OCCCl)cc1. The van der Waals surface area contributed by atoms with Crippen molar-refractivity contribution in [1.29, 1.82) is 0 Å². The topological polar surface area (TPSA) is 29.5 Å². The first-order valence-corrected chi connectivity index (χ1v) is 4.67. The van der Waals surface area contributed by atoms with E-state index in [0.717, 1.165) is 10.6 Å². The molecule has 0 saturated carbocycles. The van der Waals surface area contributed by atoms with E-state index < -0.39 is 0 Å². The lowest BCUT2D eigenvalue weighted by Crippen LogP contribution is -2.22. The van der Waals surface area contributed by atoms with Crippen molar-refractivity contribution in [3.8, 4) is 0 Å². The zero-order valence-corrected chi connectivity index (χ0v) is 8.41. The monoisotopic (exact) mass is 212 g/mol. The van der Waals surface area contributed by atoms with Crippen molar-refractivity contribution in [3.63, 3.8) is 0 Å². The molecule has 0 atom stereocenters. The number of halogens is 1. The number of hydrogen-bond acceptors (Lipinski definition) is 2. The molecule has 0 saturated heterocycles. The van der Waals surface area contributed by atoms with E-state index in [-0.39, 0.29) is 0 Å². The van der Waals surface area contributed by atoms with E-state index in [1.807, 2.05) is 0 Å². The predicted molar refractivity (Wildman–Crippen MR) is 56.1 cm³/mol. The molecule has 0 aliphatic carbocycles. The van der Waals surface area contributed by atoms with E-state index in [9.17, 15) is 4.79 Å². The first-order chi connectivity index (χ1) is 6.77. The molecule has 1 aromatic carbocycles. The quantitative estimate of drug-likeness (QED) is 0.425. The van der Waals surface area contributed by atoms with Crippen LogP contribution in [0.25, 0.3) is 0 Å². The Labute approximate surface area is 88.2 Å². The van der Waals surface area contributed by atoms with Crippen molar-refractivity contribution < 1.29 is 9.63 Å². The molecule has 3 nitrogen and oxygen atoms in total. The Morgan fingerprint density at radius 3 is 2.57 bits per heavy atom. The second-order valence-corrected chi connectivity index (χ2v) is 3.00. The molecule has 14 heavy (non-hydrogen) atoms. The van der Waals surface area contributed by atoms with Gasteiger partial charge in [-0.05, 0) is 24.6 Å². The molecule has 0 spiro atoms. The van der Waals surface area contributed by atoms with E-state index in [1.165, 1.54) is 0 Å². The maximum atomic E-state index is 10.6. The van der Waals surface area contributed by atoms with Gasteiger partial charge in [0.2, 0.25) is 6.41 Å². The lowest BCUT2D eigenvalue weighted by molar-refractivity contribution is -0.113. The summed E-state index contributed by atoms with van der Waals surface area (Å²) in [5, 5.41) is 1.14. The predicted octanol–water partition coefficient (Wildman–Crippen LogP) is 2.00. The van der Waals surface area contributed by atoms with Crippen molar-refractivity contribution >= 4 is 23.7 Å². The van der Waals surface area contributed by atoms with Crippen LogP contribution < -0.4 is 5.06 Å². The van der Waals surface area contributed by atoms with Gasteiger partial charge in [0, 0.05) is 5.88 Å². The van der Waals surface area contributed by atoms with Gasteiger partial charge in [-0.2, -0.15) is 5.06 Å². The summed E-state index contributed by atoms with van der Waals surface area (Å²) in [5.74, 6) is 0.345. The number of amides is 1. The van der Waals surface area contributed by atoms with Crippen LogP contribution >= 0.6 is 11.6 Å². The molecule has 0 unspecified atom stereocenters. The van der Waals surface area contributed by atoms with Gasteiger partial charge in [-0.3, -0.25) is 9.63 Å². The number of hydroxylamine groups is 1. The number of nitrogens with zero attached hydrogens (tertiary/aromatic N) is 1. The fraction of sp³-hybridized carbons (Fsp3) is 0.200. The maximum Gasteiger partial charge on any atom is 0.238 e. The van der Waals surface area contributed by atoms with Crippen LogP contribution in [0.15, 0.2) is 24.3 Å². The minimum absolute atomic E-state index is 0.298. The molecular formula is C10H11ClNO2. The number of rotatable bonds is 5. The van der Waals surface area contributed by atoms with Gasteiger partial charge < -0.3 is 0 Å². The molecule has 1 radical (unpaired) electrons. The molecule has 0 aromatic heterocycles. The van der Waals surface area contributed by atoms with Gasteiger partial charge in [-0.25, -0.2) is 0 Å². The molecule has 1 amide bonds. The average molecular weight is 213 g/mol. The van der Waals surface area contributed by atoms with Crippen molar-refractivity contribution in [2.45, 2.75) is 0 Å². The number of anilines is 1. The van der Waals surface area contributed by atoms with Crippen molar-refractivity contribution in [2.75, 3.05) is 17.6 Å². The third kappa shape index (κ3) is 3.01. The highest BCUT2D eigenvalue weighted by molar-refractivity contribution is 6.17. The highest BCUT2D eigenvalue weighted by Crippen LogP contribution is 2.13. The van der Waals surface area contributed by atoms with Crippen molar-refractivity contribution in [2.24, 2.45) is 0 Å². The molecule has 0 bridgehead atoms. The van der Waals surface area contributed by atoms with E-state index in [2.05, 4.69) is 6.92 Å². The summed E-state index contributed by atoms with van der Waals surface area (Å²) in [6.45, 7) is 4.04. The molecule has 1 rings (SSSR count). The van der Waals surface area contributed by atoms with Crippen LogP contribution in [0.5, 0.6) is 0 Å². The molecule has 0 fully saturated rings. The molecule has 4 heteroatoms. The van der Waals surface area contributed by atoms with Gasteiger partial charge >= 0.3 is 0 Å². The van der Waals surface area contributed by atoms with Crippen LogP contribution in [0.4, 0.5) is 5.69 Å². The number of carbonyl (C=O) groups is 1. The molecule has 1 aromatic rings. The summed E-state index contributed by atoms with van der Waals surface area (Å²) in [7, 11) is 0. The van der Waals surface area contributed by atoms with Gasteiger partial charge in [0.05, 0.1) is 12.3 Å². The number of alkyl halides is 1. The summed E-state index contributed by atoms with van der Waals surface area (Å²) < 4.78 is 0. The number of benzene rings is 1. The molecule has 0 aliphatic rings. The fourth-order valence-corrected chi connectivity index (χ4v) is 1.01. The zero-order chi connectivity index (χ0) is 10.4. The highest BCUT2D eigenvalue weighted by Gasteiger charge is 2.04. The first-order valence-electron chi connectivity index (χ1n) is 4.13. The summed E-state index contributed by atoms with van der Waals surface area (Å²) in [6, 6.07) is 7.11. The fourth-order valence-electron chi connectivity index (χ4n) is 0.942. The lowest BCUT2D eigenvalue weighted by Gasteiger charge is -2.15. The van der Waals surface area contributed by atoms with E-state index in [1.54, 1.807) is 24.3 Å². The van der Waals surface area contributed by atoms with Crippen molar-refractivity contribution in [3.05, 3.63) is 36.8 Å². The molecule has 0 N–H and O–H groups in total. The van der Waals surface area contributed by atoms with Gasteiger partial charge in [-0.15, -0.1) is 11.6 Å². The van der Waals surface area contributed by atoms with E-state index in [4.69, 9.17) is 16.4 Å². The molecular weight excluding hydrogens is 202 g/mol. The normalized spacial score (nSPS) is 9.86. The minimum Gasteiger partial charge on any atom is -0.276 e. The largest absolute Gasteiger partial charge is 0.276 e. The summed E-state index contributed by atoms with van der Waals surface area (Å²) in [4.78, 5) is 15.7. The molecule has 75 valence electrons. The average Bonchev–Trinajstić information content (AvgIpc) is 2.21. The Balaban J connectivity index is 2.68. The lowest BCUT2D eigenvalue weighted by atomic mass is 10.2. The standard InChI is InChI=1S/C10H11ClNO2/c1-9-2-4-10(5-3-9)12(8-13)14-7-6-11/h2-5,8H,1,6-7H2. The Kier molecular flexibility index (Phi) is 4.43. The van der Waals surface area contributed by atoms with Crippen LogP contribution in [0.1, 0.15) is 5.56 Å². The van der Waals surface area contributed by atoms with Gasteiger partial charge in [0.1, 0.15) is 0 Å².